The monoisotopic (exact) mass is 241 g/mol. The lowest BCUT2D eigenvalue weighted by Gasteiger charge is -2.22. The molecule has 3 nitrogen and oxygen atoms in total. The molecule has 0 bridgehead atoms. The molecule has 2 rings (SSSR count). The summed E-state index contributed by atoms with van der Waals surface area (Å²) in [4.78, 5) is 0. The van der Waals surface area contributed by atoms with E-state index in [1.54, 1.807) is 6.07 Å². The SMILES string of the molecule is Nc1cc(Cl)ccc1COC1CCCCO1. The number of hydrogen-bond acceptors (Lipinski definition) is 3. The predicted octanol–water partition coefficient (Wildman–Crippen LogP) is 2.97. The van der Waals surface area contributed by atoms with Crippen molar-refractivity contribution in [3.8, 4) is 0 Å². The topological polar surface area (TPSA) is 44.5 Å². The fourth-order valence-corrected chi connectivity index (χ4v) is 1.90. The third-order valence-corrected chi connectivity index (χ3v) is 2.91. The van der Waals surface area contributed by atoms with Crippen LogP contribution < -0.4 is 5.73 Å². The second-order valence-corrected chi connectivity index (χ2v) is 4.39. The molecular weight excluding hydrogens is 226 g/mol. The van der Waals surface area contributed by atoms with Gasteiger partial charge in [-0.2, -0.15) is 0 Å². The zero-order chi connectivity index (χ0) is 11.4. The number of anilines is 1. The Morgan fingerprint density at radius 1 is 1.44 bits per heavy atom. The molecule has 1 aromatic carbocycles. The molecule has 2 N–H and O–H groups in total. The molecule has 1 aliphatic heterocycles. The van der Waals surface area contributed by atoms with Gasteiger partial charge in [-0.1, -0.05) is 17.7 Å². The van der Waals surface area contributed by atoms with Crippen molar-refractivity contribution in [3.63, 3.8) is 0 Å². The van der Waals surface area contributed by atoms with Gasteiger partial charge in [0, 0.05) is 22.9 Å². The number of ether oxygens (including phenoxy) is 2. The zero-order valence-electron chi connectivity index (χ0n) is 9.12. The Kier molecular flexibility index (Phi) is 4.04. The van der Waals surface area contributed by atoms with Gasteiger partial charge < -0.3 is 15.2 Å². The zero-order valence-corrected chi connectivity index (χ0v) is 9.87. The van der Waals surface area contributed by atoms with Gasteiger partial charge >= 0.3 is 0 Å². The van der Waals surface area contributed by atoms with Crippen LogP contribution in [0.2, 0.25) is 5.02 Å². The van der Waals surface area contributed by atoms with Gasteiger partial charge in [0.15, 0.2) is 6.29 Å². The summed E-state index contributed by atoms with van der Waals surface area (Å²) in [5.74, 6) is 0. The van der Waals surface area contributed by atoms with E-state index in [1.807, 2.05) is 12.1 Å². The summed E-state index contributed by atoms with van der Waals surface area (Å²) >= 11 is 5.82. The van der Waals surface area contributed by atoms with Gasteiger partial charge in [-0.3, -0.25) is 0 Å². The van der Waals surface area contributed by atoms with E-state index in [9.17, 15) is 0 Å². The van der Waals surface area contributed by atoms with Crippen molar-refractivity contribution in [1.82, 2.24) is 0 Å². The number of hydrogen-bond donors (Lipinski definition) is 1. The van der Waals surface area contributed by atoms with E-state index in [1.165, 1.54) is 6.42 Å². The van der Waals surface area contributed by atoms with Crippen molar-refractivity contribution in [2.75, 3.05) is 12.3 Å². The van der Waals surface area contributed by atoms with Crippen LogP contribution in [0.3, 0.4) is 0 Å². The Bertz CT molecular complexity index is 351. The normalized spacial score (nSPS) is 20.9. The molecule has 16 heavy (non-hydrogen) atoms. The van der Waals surface area contributed by atoms with E-state index < -0.39 is 0 Å². The maximum absolute atomic E-state index is 5.83. The largest absolute Gasteiger partial charge is 0.398 e. The lowest BCUT2D eigenvalue weighted by molar-refractivity contribution is -0.168. The summed E-state index contributed by atoms with van der Waals surface area (Å²) in [6, 6.07) is 5.45. The quantitative estimate of drug-likeness (QED) is 0.828. The fraction of sp³-hybridized carbons (Fsp3) is 0.500. The average Bonchev–Trinajstić information content (AvgIpc) is 2.29. The molecule has 1 unspecified atom stereocenters. The molecule has 0 aromatic heterocycles. The molecule has 88 valence electrons. The molecule has 1 aromatic rings. The molecule has 1 heterocycles. The maximum Gasteiger partial charge on any atom is 0.158 e. The average molecular weight is 242 g/mol. The van der Waals surface area contributed by atoms with Crippen molar-refractivity contribution in [2.45, 2.75) is 32.2 Å². The first-order valence-corrected chi connectivity index (χ1v) is 5.90. The van der Waals surface area contributed by atoms with E-state index in [2.05, 4.69) is 0 Å². The Labute approximate surface area is 100 Å². The molecule has 1 fully saturated rings. The molecule has 1 aliphatic rings. The first kappa shape index (κ1) is 11.7. The van der Waals surface area contributed by atoms with Crippen molar-refractivity contribution in [1.29, 1.82) is 0 Å². The van der Waals surface area contributed by atoms with Crippen LogP contribution in [0.5, 0.6) is 0 Å². The lowest BCUT2D eigenvalue weighted by Crippen LogP contribution is -2.22. The number of benzene rings is 1. The van der Waals surface area contributed by atoms with Crippen LogP contribution >= 0.6 is 11.6 Å². The smallest absolute Gasteiger partial charge is 0.158 e. The Balaban J connectivity index is 1.88. The van der Waals surface area contributed by atoms with Crippen LogP contribution in [-0.2, 0) is 16.1 Å². The third-order valence-electron chi connectivity index (χ3n) is 2.67. The van der Waals surface area contributed by atoms with Crippen molar-refractivity contribution in [3.05, 3.63) is 28.8 Å². The molecule has 0 saturated carbocycles. The van der Waals surface area contributed by atoms with E-state index in [0.29, 0.717) is 17.3 Å². The van der Waals surface area contributed by atoms with E-state index in [0.717, 1.165) is 25.0 Å². The van der Waals surface area contributed by atoms with Gasteiger partial charge in [-0.05, 0) is 31.4 Å². The summed E-state index contributed by atoms with van der Waals surface area (Å²) in [7, 11) is 0. The van der Waals surface area contributed by atoms with E-state index in [4.69, 9.17) is 26.8 Å². The molecule has 1 saturated heterocycles. The maximum atomic E-state index is 5.83. The highest BCUT2D eigenvalue weighted by Gasteiger charge is 2.14. The first-order chi connectivity index (χ1) is 7.75. The van der Waals surface area contributed by atoms with Crippen LogP contribution in [0.25, 0.3) is 0 Å². The number of halogens is 1. The minimum Gasteiger partial charge on any atom is -0.398 e. The van der Waals surface area contributed by atoms with Crippen LogP contribution in [0, 0.1) is 0 Å². The van der Waals surface area contributed by atoms with Gasteiger partial charge in [-0.15, -0.1) is 0 Å². The summed E-state index contributed by atoms with van der Waals surface area (Å²) in [5.41, 5.74) is 7.46. The molecule has 1 atom stereocenters. The molecule has 0 aliphatic carbocycles. The van der Waals surface area contributed by atoms with Crippen LogP contribution in [0.4, 0.5) is 5.69 Å². The molecular formula is C12H16ClNO2. The van der Waals surface area contributed by atoms with Gasteiger partial charge in [-0.25, -0.2) is 0 Å². The van der Waals surface area contributed by atoms with Crippen molar-refractivity contribution < 1.29 is 9.47 Å². The second kappa shape index (κ2) is 5.53. The first-order valence-electron chi connectivity index (χ1n) is 5.53. The molecule has 0 amide bonds. The Morgan fingerprint density at radius 2 is 2.31 bits per heavy atom. The minimum absolute atomic E-state index is 0.0798. The molecule has 0 radical (unpaired) electrons. The van der Waals surface area contributed by atoms with Gasteiger partial charge in [0.1, 0.15) is 0 Å². The van der Waals surface area contributed by atoms with Crippen molar-refractivity contribution >= 4 is 17.3 Å². The standard InChI is InChI=1S/C12H16ClNO2/c13-10-5-4-9(11(14)7-10)8-16-12-3-1-2-6-15-12/h4-5,7,12H,1-3,6,8,14H2. The Hall–Kier alpha value is -0.770. The number of nitrogens with two attached hydrogens (primary N) is 1. The minimum atomic E-state index is -0.0798. The lowest BCUT2D eigenvalue weighted by atomic mass is 10.2. The Morgan fingerprint density at radius 3 is 3.00 bits per heavy atom. The number of nitrogen functional groups attached to an aromatic ring is 1. The van der Waals surface area contributed by atoms with Crippen LogP contribution in [0.1, 0.15) is 24.8 Å². The van der Waals surface area contributed by atoms with Gasteiger partial charge in [0.25, 0.3) is 0 Å². The van der Waals surface area contributed by atoms with Gasteiger partial charge in [0.2, 0.25) is 0 Å². The highest BCUT2D eigenvalue weighted by molar-refractivity contribution is 6.30. The summed E-state index contributed by atoms with van der Waals surface area (Å²) in [5, 5.41) is 0.648. The fourth-order valence-electron chi connectivity index (χ4n) is 1.72. The second-order valence-electron chi connectivity index (χ2n) is 3.95. The summed E-state index contributed by atoms with van der Waals surface area (Å²) < 4.78 is 11.1. The van der Waals surface area contributed by atoms with Gasteiger partial charge in [0.05, 0.1) is 6.61 Å². The van der Waals surface area contributed by atoms with Crippen molar-refractivity contribution in [2.24, 2.45) is 0 Å². The highest BCUT2D eigenvalue weighted by atomic mass is 35.5. The highest BCUT2D eigenvalue weighted by Crippen LogP contribution is 2.21. The van der Waals surface area contributed by atoms with Crippen LogP contribution in [-0.4, -0.2) is 12.9 Å². The summed E-state index contributed by atoms with van der Waals surface area (Å²) in [6.45, 7) is 1.27. The summed E-state index contributed by atoms with van der Waals surface area (Å²) in [6.07, 6.45) is 3.18. The third kappa shape index (κ3) is 3.11. The predicted molar refractivity (Wildman–Crippen MR) is 64.2 cm³/mol. The molecule has 0 spiro atoms. The van der Waals surface area contributed by atoms with Crippen LogP contribution in [0.15, 0.2) is 18.2 Å². The number of rotatable bonds is 3. The van der Waals surface area contributed by atoms with E-state index in [-0.39, 0.29) is 6.29 Å². The molecule has 4 heteroatoms. The van der Waals surface area contributed by atoms with E-state index >= 15 is 0 Å².